The molecule has 0 spiro atoms. The van der Waals surface area contributed by atoms with E-state index in [1.807, 2.05) is 0 Å². The molecule has 2 rings (SSSR count). The van der Waals surface area contributed by atoms with Gasteiger partial charge in [0.05, 0.1) is 16.2 Å². The van der Waals surface area contributed by atoms with Gasteiger partial charge >= 0.3 is 0 Å². The highest BCUT2D eigenvalue weighted by Gasteiger charge is 2.16. The Balaban J connectivity index is 2.17. The van der Waals surface area contributed by atoms with E-state index in [9.17, 15) is 9.90 Å². The summed E-state index contributed by atoms with van der Waals surface area (Å²) in [6.45, 7) is 5.17. The van der Waals surface area contributed by atoms with Crippen molar-refractivity contribution < 1.29 is 9.90 Å². The number of rotatable bonds is 5. The molecule has 0 atom stereocenters. The van der Waals surface area contributed by atoms with Gasteiger partial charge in [-0.25, -0.2) is 9.97 Å². The number of anilines is 2. The van der Waals surface area contributed by atoms with Gasteiger partial charge in [0.25, 0.3) is 0 Å². The van der Waals surface area contributed by atoms with Crippen molar-refractivity contribution in [1.82, 2.24) is 9.97 Å². The zero-order chi connectivity index (χ0) is 16.3. The van der Waals surface area contributed by atoms with E-state index in [4.69, 9.17) is 11.6 Å². The van der Waals surface area contributed by atoms with Crippen molar-refractivity contribution in [2.45, 2.75) is 32.8 Å². The first-order chi connectivity index (χ1) is 10.3. The SMILES string of the molecule is CCC(=O)c1cnc(Nc2ccc(C(C)(C)O)cn2)cc1Cl. The summed E-state index contributed by atoms with van der Waals surface area (Å²) in [5.41, 5.74) is 0.197. The molecular weight excluding hydrogens is 302 g/mol. The van der Waals surface area contributed by atoms with Gasteiger partial charge in [0.15, 0.2) is 5.78 Å². The van der Waals surface area contributed by atoms with Crippen molar-refractivity contribution >= 4 is 29.0 Å². The third-order valence-corrected chi connectivity index (χ3v) is 3.51. The van der Waals surface area contributed by atoms with Gasteiger partial charge in [0.2, 0.25) is 0 Å². The van der Waals surface area contributed by atoms with Crippen LogP contribution < -0.4 is 5.32 Å². The van der Waals surface area contributed by atoms with Crippen molar-refractivity contribution in [2.75, 3.05) is 5.32 Å². The van der Waals surface area contributed by atoms with Gasteiger partial charge in [-0.3, -0.25) is 4.79 Å². The molecule has 5 nitrogen and oxygen atoms in total. The van der Waals surface area contributed by atoms with Gasteiger partial charge < -0.3 is 10.4 Å². The number of Topliss-reactive ketones (excluding diaryl/α,β-unsaturated/α-hetero) is 1. The number of carbonyl (C=O) groups is 1. The molecule has 0 saturated carbocycles. The van der Waals surface area contributed by atoms with Crippen LogP contribution in [0.2, 0.25) is 5.02 Å². The fraction of sp³-hybridized carbons (Fsp3) is 0.312. The fourth-order valence-electron chi connectivity index (χ4n) is 1.86. The number of hydrogen-bond acceptors (Lipinski definition) is 5. The number of pyridine rings is 2. The lowest BCUT2D eigenvalue weighted by Gasteiger charge is -2.17. The number of aromatic nitrogens is 2. The molecule has 0 unspecified atom stereocenters. The summed E-state index contributed by atoms with van der Waals surface area (Å²) in [6, 6.07) is 5.12. The Morgan fingerprint density at radius 1 is 1.27 bits per heavy atom. The average molecular weight is 320 g/mol. The number of nitrogens with zero attached hydrogens (tertiary/aromatic N) is 2. The Bertz CT molecular complexity index is 679. The van der Waals surface area contributed by atoms with Crippen LogP contribution in [0.15, 0.2) is 30.6 Å². The van der Waals surface area contributed by atoms with Gasteiger partial charge in [0, 0.05) is 30.4 Å². The monoisotopic (exact) mass is 319 g/mol. The number of halogens is 1. The summed E-state index contributed by atoms with van der Waals surface area (Å²) < 4.78 is 0. The largest absolute Gasteiger partial charge is 0.386 e. The first kappa shape index (κ1) is 16.4. The molecule has 2 aromatic heterocycles. The molecule has 116 valence electrons. The number of hydrogen-bond donors (Lipinski definition) is 2. The Morgan fingerprint density at radius 3 is 2.45 bits per heavy atom. The number of aliphatic hydroxyl groups is 1. The van der Waals surface area contributed by atoms with Crippen molar-refractivity contribution in [1.29, 1.82) is 0 Å². The normalized spacial score (nSPS) is 11.3. The molecule has 2 heterocycles. The molecule has 0 radical (unpaired) electrons. The van der Waals surface area contributed by atoms with Gasteiger partial charge in [-0.15, -0.1) is 0 Å². The van der Waals surface area contributed by atoms with Gasteiger partial charge in [0.1, 0.15) is 11.6 Å². The van der Waals surface area contributed by atoms with Crippen LogP contribution in [0.5, 0.6) is 0 Å². The van der Waals surface area contributed by atoms with Gasteiger partial charge in [-0.1, -0.05) is 24.6 Å². The van der Waals surface area contributed by atoms with Gasteiger partial charge in [-0.05, 0) is 19.9 Å². The second-order valence-corrected chi connectivity index (χ2v) is 5.85. The van der Waals surface area contributed by atoms with E-state index in [1.54, 1.807) is 45.2 Å². The molecule has 0 saturated heterocycles. The molecule has 0 aromatic carbocycles. The minimum Gasteiger partial charge on any atom is -0.386 e. The van der Waals surface area contributed by atoms with E-state index in [0.29, 0.717) is 34.2 Å². The van der Waals surface area contributed by atoms with Crippen molar-refractivity contribution in [3.63, 3.8) is 0 Å². The van der Waals surface area contributed by atoms with Crippen LogP contribution in [0, 0.1) is 0 Å². The lowest BCUT2D eigenvalue weighted by atomic mass is 10.0. The van der Waals surface area contributed by atoms with Crippen LogP contribution in [0.4, 0.5) is 11.6 Å². The standard InChI is InChI=1S/C16H18ClN3O2/c1-4-13(21)11-9-19-15(7-12(11)17)20-14-6-5-10(8-18-14)16(2,3)22/h5-9,22H,4H2,1-3H3,(H,18,19,20). The lowest BCUT2D eigenvalue weighted by Crippen LogP contribution is -2.15. The molecule has 22 heavy (non-hydrogen) atoms. The van der Waals surface area contributed by atoms with Crippen LogP contribution in [-0.2, 0) is 5.60 Å². The molecule has 2 aromatic rings. The van der Waals surface area contributed by atoms with E-state index in [0.717, 1.165) is 0 Å². The summed E-state index contributed by atoms with van der Waals surface area (Å²) in [6.07, 6.45) is 3.44. The van der Waals surface area contributed by atoms with Crippen molar-refractivity contribution in [2.24, 2.45) is 0 Å². The van der Waals surface area contributed by atoms with Crippen molar-refractivity contribution in [3.05, 3.63) is 46.7 Å². The predicted octanol–water partition coefficient (Wildman–Crippen LogP) is 3.69. The Labute approximate surface area is 134 Å². The Hall–Kier alpha value is -1.98. The summed E-state index contributed by atoms with van der Waals surface area (Å²) in [4.78, 5) is 20.0. The van der Waals surface area contributed by atoms with Gasteiger partial charge in [-0.2, -0.15) is 0 Å². The Kier molecular flexibility index (Phi) is 4.78. The molecule has 0 amide bonds. The average Bonchev–Trinajstić information content (AvgIpc) is 2.46. The second-order valence-electron chi connectivity index (χ2n) is 5.44. The Morgan fingerprint density at radius 2 is 1.95 bits per heavy atom. The maximum Gasteiger partial charge on any atom is 0.165 e. The maximum atomic E-state index is 11.7. The zero-order valence-electron chi connectivity index (χ0n) is 12.7. The quantitative estimate of drug-likeness (QED) is 0.822. The molecule has 2 N–H and O–H groups in total. The summed E-state index contributed by atoms with van der Waals surface area (Å²) >= 11 is 6.10. The lowest BCUT2D eigenvalue weighted by molar-refractivity contribution is 0.0782. The maximum absolute atomic E-state index is 11.7. The highest BCUT2D eigenvalue weighted by atomic mass is 35.5. The third kappa shape index (κ3) is 3.81. The van der Waals surface area contributed by atoms with Crippen LogP contribution in [-0.4, -0.2) is 20.9 Å². The molecule has 0 aliphatic rings. The fourth-order valence-corrected chi connectivity index (χ4v) is 2.11. The molecule has 0 aliphatic heterocycles. The van der Waals surface area contributed by atoms with E-state index in [1.165, 1.54) is 6.20 Å². The molecule has 0 bridgehead atoms. The highest BCUT2D eigenvalue weighted by Crippen LogP contribution is 2.23. The summed E-state index contributed by atoms with van der Waals surface area (Å²) in [5.74, 6) is 1.03. The first-order valence-electron chi connectivity index (χ1n) is 6.96. The van der Waals surface area contributed by atoms with Crippen LogP contribution in [0.25, 0.3) is 0 Å². The minimum atomic E-state index is -0.935. The van der Waals surface area contributed by atoms with Crippen LogP contribution in [0.3, 0.4) is 0 Å². The second kappa shape index (κ2) is 6.42. The van der Waals surface area contributed by atoms with E-state index < -0.39 is 5.60 Å². The van der Waals surface area contributed by atoms with Crippen molar-refractivity contribution in [3.8, 4) is 0 Å². The predicted molar refractivity (Wildman–Crippen MR) is 86.6 cm³/mol. The topological polar surface area (TPSA) is 75.1 Å². The van der Waals surface area contributed by atoms with E-state index in [2.05, 4.69) is 15.3 Å². The molecular formula is C16H18ClN3O2. The first-order valence-corrected chi connectivity index (χ1v) is 7.33. The zero-order valence-corrected chi connectivity index (χ0v) is 13.5. The molecule has 0 fully saturated rings. The van der Waals surface area contributed by atoms with Crippen LogP contribution in [0.1, 0.15) is 43.1 Å². The number of nitrogens with one attached hydrogen (secondary N) is 1. The van der Waals surface area contributed by atoms with E-state index in [-0.39, 0.29) is 5.78 Å². The number of ketones is 1. The number of carbonyl (C=O) groups excluding carboxylic acids is 1. The smallest absolute Gasteiger partial charge is 0.165 e. The molecule has 6 heteroatoms. The summed E-state index contributed by atoms with van der Waals surface area (Å²) in [5, 5.41) is 13.3. The highest BCUT2D eigenvalue weighted by molar-refractivity contribution is 6.34. The van der Waals surface area contributed by atoms with E-state index >= 15 is 0 Å². The molecule has 0 aliphatic carbocycles. The summed E-state index contributed by atoms with van der Waals surface area (Å²) in [7, 11) is 0. The minimum absolute atomic E-state index is 0.0447. The van der Waals surface area contributed by atoms with Crippen LogP contribution >= 0.6 is 11.6 Å². The third-order valence-electron chi connectivity index (χ3n) is 3.20.